The van der Waals surface area contributed by atoms with Gasteiger partial charge in [0, 0.05) is 22.0 Å². The average Bonchev–Trinajstić information content (AvgIpc) is 3.22. The third-order valence-electron chi connectivity index (χ3n) is 8.92. The molecule has 314 valence electrons. The van der Waals surface area contributed by atoms with Gasteiger partial charge in [0.15, 0.2) is 5.75 Å². The van der Waals surface area contributed by atoms with Gasteiger partial charge in [-0.1, -0.05) is 30.3 Å². The summed E-state index contributed by atoms with van der Waals surface area (Å²) in [5.74, 6) is -1.70. The minimum Gasteiger partial charge on any atom is -0.507 e. The van der Waals surface area contributed by atoms with Crippen molar-refractivity contribution in [1.82, 2.24) is 0 Å². The monoisotopic (exact) mass is 896 g/mol. The van der Waals surface area contributed by atoms with Gasteiger partial charge in [0.1, 0.15) is 31.8 Å². The van der Waals surface area contributed by atoms with Gasteiger partial charge in [-0.05, 0) is 96.4 Å². The average molecular weight is 897 g/mol. The van der Waals surface area contributed by atoms with Crippen molar-refractivity contribution in [2.45, 2.75) is 14.7 Å². The van der Waals surface area contributed by atoms with Crippen LogP contribution in [0.2, 0.25) is 0 Å². The highest BCUT2D eigenvalue weighted by Gasteiger charge is 2.28. The standard InChI is InChI=1S/C39H28N8O12S3/c40-35-33-22(20-32(62(57,58)59)37(38(33)49)47-43-24-5-2-1-3-6-24)19-31(61(54,55)56)36(35)46-44-25-11-9-21(10-12-25)39(50)41-23-13-15-26(16-14-23)42-45-28-17-18-29(48)27-7-4-8-30(34(27)28)60(51,52)53/h1-20,48-49H,40H2,(H,41,50)(H,51,52,53)(H,54,55,56)(H,57,58,59). The van der Waals surface area contributed by atoms with E-state index in [-0.39, 0.29) is 49.9 Å². The van der Waals surface area contributed by atoms with Gasteiger partial charge in [-0.25, -0.2) is 0 Å². The summed E-state index contributed by atoms with van der Waals surface area (Å²) in [5.41, 5.74) is 5.52. The van der Waals surface area contributed by atoms with Crippen LogP contribution in [0.25, 0.3) is 21.5 Å². The molecule has 7 rings (SSSR count). The number of aromatic hydroxyl groups is 2. The number of anilines is 2. The number of benzene rings is 7. The van der Waals surface area contributed by atoms with Crippen molar-refractivity contribution >= 4 is 103 Å². The molecule has 0 bridgehead atoms. The largest absolute Gasteiger partial charge is 0.507 e. The molecule has 7 aromatic rings. The zero-order valence-corrected chi connectivity index (χ0v) is 33.6. The number of nitrogens with zero attached hydrogens (tertiary/aromatic N) is 6. The highest BCUT2D eigenvalue weighted by atomic mass is 32.2. The minimum atomic E-state index is -5.12. The highest BCUT2D eigenvalue weighted by Crippen LogP contribution is 2.48. The number of hydrogen-bond donors (Lipinski definition) is 7. The predicted octanol–water partition coefficient (Wildman–Crippen LogP) is 9.23. The van der Waals surface area contributed by atoms with Gasteiger partial charge >= 0.3 is 0 Å². The van der Waals surface area contributed by atoms with Crippen molar-refractivity contribution in [2.24, 2.45) is 30.7 Å². The van der Waals surface area contributed by atoms with Crippen molar-refractivity contribution in [3.05, 3.63) is 127 Å². The van der Waals surface area contributed by atoms with Gasteiger partial charge in [0.25, 0.3) is 36.3 Å². The Bertz CT molecular complexity index is 3390. The fourth-order valence-corrected chi connectivity index (χ4v) is 8.11. The molecule has 0 spiro atoms. The molecule has 0 saturated carbocycles. The maximum Gasteiger partial charge on any atom is 0.296 e. The zero-order chi connectivity index (χ0) is 44.6. The molecule has 0 aliphatic carbocycles. The summed E-state index contributed by atoms with van der Waals surface area (Å²) < 4.78 is 103. The molecule has 0 heterocycles. The molecule has 0 unspecified atom stereocenters. The Morgan fingerprint density at radius 2 is 1.06 bits per heavy atom. The van der Waals surface area contributed by atoms with Crippen LogP contribution in [0.15, 0.2) is 167 Å². The van der Waals surface area contributed by atoms with E-state index < -0.39 is 73.8 Å². The normalized spacial score (nSPS) is 12.6. The molecule has 0 aliphatic heterocycles. The molecule has 0 saturated heterocycles. The summed E-state index contributed by atoms with van der Waals surface area (Å²) in [6, 6.07) is 27.6. The number of hydrogen-bond acceptors (Lipinski definition) is 16. The van der Waals surface area contributed by atoms with Gasteiger partial charge < -0.3 is 21.3 Å². The second kappa shape index (κ2) is 16.5. The Kier molecular flexibility index (Phi) is 11.3. The number of nitrogens with two attached hydrogens (primary N) is 1. The lowest BCUT2D eigenvalue weighted by atomic mass is 10.1. The summed E-state index contributed by atoms with van der Waals surface area (Å²) in [6.07, 6.45) is 0. The summed E-state index contributed by atoms with van der Waals surface area (Å²) in [4.78, 5) is 10.7. The number of phenolic OH excluding ortho intramolecular Hbond substituents is 2. The lowest BCUT2D eigenvalue weighted by Crippen LogP contribution is -2.11. The summed E-state index contributed by atoms with van der Waals surface area (Å²) >= 11 is 0. The van der Waals surface area contributed by atoms with Crippen LogP contribution in [0.5, 0.6) is 11.5 Å². The SMILES string of the molecule is Nc1c(N=Nc2ccc(C(=O)Nc3ccc(N=Nc4ccc(O)c5cccc(S(=O)(=O)O)c45)cc3)cc2)c(S(=O)(=O)O)cc2cc(S(=O)(=O)O)c(N=Nc3ccccc3)c(O)c12. The zero-order valence-electron chi connectivity index (χ0n) is 31.1. The minimum absolute atomic E-state index is 0.0346. The molecule has 23 heteroatoms. The van der Waals surface area contributed by atoms with Gasteiger partial charge in [0.05, 0.1) is 33.8 Å². The Hall–Kier alpha value is -7.54. The van der Waals surface area contributed by atoms with E-state index in [1.165, 1.54) is 84.9 Å². The Morgan fingerprint density at radius 1 is 0.532 bits per heavy atom. The van der Waals surface area contributed by atoms with Crippen LogP contribution < -0.4 is 11.1 Å². The van der Waals surface area contributed by atoms with Crippen molar-refractivity contribution in [2.75, 3.05) is 11.1 Å². The fraction of sp³-hybridized carbons (Fsp3) is 0. The fourth-order valence-electron chi connectivity index (χ4n) is 6.06. The number of rotatable bonds is 11. The van der Waals surface area contributed by atoms with Crippen molar-refractivity contribution in [1.29, 1.82) is 0 Å². The molecular formula is C39H28N8O12S3. The van der Waals surface area contributed by atoms with E-state index in [2.05, 4.69) is 36.0 Å². The first kappa shape index (κ1) is 42.6. The Labute approximate surface area is 350 Å². The molecule has 0 aliphatic rings. The molecule has 8 N–H and O–H groups in total. The number of carbonyl (C=O) groups is 1. The van der Waals surface area contributed by atoms with Crippen LogP contribution >= 0.6 is 0 Å². The Morgan fingerprint density at radius 3 is 1.66 bits per heavy atom. The van der Waals surface area contributed by atoms with Crippen LogP contribution in [0.4, 0.5) is 45.5 Å². The quantitative estimate of drug-likeness (QED) is 0.0362. The highest BCUT2D eigenvalue weighted by molar-refractivity contribution is 7.86. The molecule has 0 fully saturated rings. The smallest absolute Gasteiger partial charge is 0.296 e. The maximum atomic E-state index is 13.1. The second-order valence-electron chi connectivity index (χ2n) is 13.0. The van der Waals surface area contributed by atoms with Crippen LogP contribution in [-0.2, 0) is 30.4 Å². The van der Waals surface area contributed by atoms with Gasteiger partial charge in [0.2, 0.25) is 0 Å². The molecular weight excluding hydrogens is 869 g/mol. The van der Waals surface area contributed by atoms with E-state index in [0.29, 0.717) is 11.4 Å². The van der Waals surface area contributed by atoms with E-state index in [9.17, 15) is 53.9 Å². The first-order valence-electron chi connectivity index (χ1n) is 17.4. The summed E-state index contributed by atoms with van der Waals surface area (Å²) in [6.45, 7) is 0. The van der Waals surface area contributed by atoms with E-state index in [4.69, 9.17) is 5.73 Å². The Balaban J connectivity index is 1.12. The molecule has 20 nitrogen and oxygen atoms in total. The lowest BCUT2D eigenvalue weighted by molar-refractivity contribution is 0.102. The van der Waals surface area contributed by atoms with Crippen LogP contribution in [-0.4, -0.2) is 55.0 Å². The third-order valence-corrected chi connectivity index (χ3v) is 11.6. The first-order valence-corrected chi connectivity index (χ1v) is 21.7. The number of nitrogen functional groups attached to an aromatic ring is 1. The van der Waals surface area contributed by atoms with Crippen molar-refractivity contribution < 1.29 is 53.9 Å². The number of carbonyl (C=O) groups excluding carboxylic acids is 1. The van der Waals surface area contributed by atoms with Gasteiger partial charge in [-0.15, -0.1) is 15.3 Å². The molecule has 0 atom stereocenters. The number of azo groups is 3. The second-order valence-corrected chi connectivity index (χ2v) is 17.2. The molecule has 62 heavy (non-hydrogen) atoms. The summed E-state index contributed by atoms with van der Waals surface area (Å²) in [5, 5.41) is 47.4. The predicted molar refractivity (Wildman–Crippen MR) is 225 cm³/mol. The lowest BCUT2D eigenvalue weighted by Gasteiger charge is -2.14. The first-order chi connectivity index (χ1) is 29.3. The van der Waals surface area contributed by atoms with Crippen molar-refractivity contribution in [3.8, 4) is 11.5 Å². The van der Waals surface area contributed by atoms with Crippen LogP contribution in [0, 0.1) is 0 Å². The molecule has 0 aromatic heterocycles. The van der Waals surface area contributed by atoms with E-state index in [1.54, 1.807) is 18.2 Å². The molecule has 1 amide bonds. The molecule has 7 aromatic carbocycles. The number of fused-ring (bicyclic) bond motifs is 2. The van der Waals surface area contributed by atoms with Gasteiger partial charge in [-0.2, -0.15) is 40.6 Å². The molecule has 0 radical (unpaired) electrons. The number of nitrogens with one attached hydrogen (secondary N) is 1. The number of phenols is 2. The van der Waals surface area contributed by atoms with Gasteiger partial charge in [-0.3, -0.25) is 18.5 Å². The van der Waals surface area contributed by atoms with Crippen LogP contribution in [0.3, 0.4) is 0 Å². The van der Waals surface area contributed by atoms with Crippen LogP contribution in [0.1, 0.15) is 10.4 Å². The van der Waals surface area contributed by atoms with Crippen molar-refractivity contribution in [3.63, 3.8) is 0 Å². The third kappa shape index (κ3) is 8.97. The maximum absolute atomic E-state index is 13.1. The van der Waals surface area contributed by atoms with E-state index in [0.717, 1.165) is 18.2 Å². The summed E-state index contributed by atoms with van der Waals surface area (Å²) in [7, 11) is -14.9. The number of amides is 1. The van der Waals surface area contributed by atoms with E-state index >= 15 is 0 Å². The van der Waals surface area contributed by atoms with E-state index in [1.807, 2.05) is 0 Å². The topological polar surface area (TPSA) is 333 Å².